The van der Waals surface area contributed by atoms with Gasteiger partial charge in [0.2, 0.25) is 0 Å². The van der Waals surface area contributed by atoms with Crippen molar-refractivity contribution in [3.63, 3.8) is 0 Å². The van der Waals surface area contributed by atoms with Gasteiger partial charge in [-0.05, 0) is 46.6 Å². The van der Waals surface area contributed by atoms with Crippen LogP contribution >= 0.6 is 15.9 Å². The Labute approximate surface area is 126 Å². The summed E-state index contributed by atoms with van der Waals surface area (Å²) in [5, 5.41) is 0. The fourth-order valence-corrected chi connectivity index (χ4v) is 2.82. The first-order chi connectivity index (χ1) is 9.78. The second-order valence-corrected chi connectivity index (χ2v) is 5.61. The normalized spacial score (nSPS) is 11.1. The largest absolute Gasteiger partial charge is 0.328 e. The predicted octanol–water partition coefficient (Wildman–Crippen LogP) is 4.19. The first kappa shape index (κ1) is 13.3. The molecule has 0 N–H and O–H groups in total. The smallest absolute Gasteiger partial charge is 0.115 e. The molecule has 0 fully saturated rings. The van der Waals surface area contributed by atoms with Crippen LogP contribution in [0.2, 0.25) is 0 Å². The summed E-state index contributed by atoms with van der Waals surface area (Å²) in [5.41, 5.74) is 3.30. The highest BCUT2D eigenvalue weighted by molar-refractivity contribution is 9.10. The minimum absolute atomic E-state index is 0.758. The van der Waals surface area contributed by atoms with E-state index in [4.69, 9.17) is 4.98 Å². The molecule has 3 aromatic rings. The van der Waals surface area contributed by atoms with Crippen molar-refractivity contribution in [1.29, 1.82) is 0 Å². The van der Waals surface area contributed by atoms with E-state index in [1.807, 2.05) is 24.3 Å². The van der Waals surface area contributed by atoms with Gasteiger partial charge >= 0.3 is 0 Å². The highest BCUT2D eigenvalue weighted by atomic mass is 79.9. The fourth-order valence-electron chi connectivity index (χ4n) is 2.44. The molecule has 20 heavy (non-hydrogen) atoms. The summed E-state index contributed by atoms with van der Waals surface area (Å²) in [6.45, 7) is 3.18. The number of hydrogen-bond donors (Lipinski definition) is 0. The molecule has 0 unspecified atom stereocenters. The summed E-state index contributed by atoms with van der Waals surface area (Å²) in [6.07, 6.45) is 1.85. The second-order valence-electron chi connectivity index (χ2n) is 4.80. The molecule has 0 atom stereocenters. The number of rotatable bonds is 4. The van der Waals surface area contributed by atoms with E-state index in [2.05, 4.69) is 50.6 Å². The molecular formula is C16H16BrN3. The summed E-state index contributed by atoms with van der Waals surface area (Å²) in [7, 11) is 0. The topological polar surface area (TPSA) is 30.7 Å². The molecule has 3 rings (SSSR count). The van der Waals surface area contributed by atoms with E-state index in [0.717, 1.165) is 41.0 Å². The average Bonchev–Trinajstić information content (AvgIpc) is 2.77. The van der Waals surface area contributed by atoms with Gasteiger partial charge in [0.05, 0.1) is 11.0 Å². The van der Waals surface area contributed by atoms with Crippen LogP contribution in [0.15, 0.2) is 47.1 Å². The average molecular weight is 330 g/mol. The summed E-state index contributed by atoms with van der Waals surface area (Å²) in [4.78, 5) is 9.27. The lowest BCUT2D eigenvalue weighted by Crippen LogP contribution is -2.05. The monoisotopic (exact) mass is 329 g/mol. The molecular weight excluding hydrogens is 314 g/mol. The van der Waals surface area contributed by atoms with Gasteiger partial charge in [-0.1, -0.05) is 25.1 Å². The van der Waals surface area contributed by atoms with Crippen molar-refractivity contribution in [2.24, 2.45) is 0 Å². The van der Waals surface area contributed by atoms with Gasteiger partial charge in [-0.2, -0.15) is 0 Å². The lowest BCUT2D eigenvalue weighted by Gasteiger charge is -2.07. The summed E-state index contributed by atoms with van der Waals surface area (Å²) < 4.78 is 3.17. The molecule has 0 aliphatic rings. The molecule has 0 bridgehead atoms. The van der Waals surface area contributed by atoms with Crippen LogP contribution < -0.4 is 0 Å². The Kier molecular flexibility index (Phi) is 3.83. The van der Waals surface area contributed by atoms with Gasteiger partial charge in [-0.15, -0.1) is 0 Å². The van der Waals surface area contributed by atoms with Gasteiger partial charge in [-0.25, -0.2) is 9.97 Å². The van der Waals surface area contributed by atoms with E-state index in [-0.39, 0.29) is 0 Å². The minimum Gasteiger partial charge on any atom is -0.328 e. The molecule has 3 nitrogen and oxygen atoms in total. The van der Waals surface area contributed by atoms with Crippen LogP contribution in [-0.2, 0) is 13.0 Å². The van der Waals surface area contributed by atoms with Gasteiger partial charge in [0.25, 0.3) is 0 Å². The Bertz CT molecular complexity index is 733. The third kappa shape index (κ3) is 2.61. The zero-order valence-corrected chi connectivity index (χ0v) is 13.0. The lowest BCUT2D eigenvalue weighted by atomic mass is 10.2. The van der Waals surface area contributed by atoms with Crippen LogP contribution in [0.4, 0.5) is 0 Å². The Morgan fingerprint density at radius 1 is 1.05 bits per heavy atom. The molecule has 0 radical (unpaired) electrons. The lowest BCUT2D eigenvalue weighted by molar-refractivity contribution is 0.662. The summed E-state index contributed by atoms with van der Waals surface area (Å²) in [6, 6.07) is 14.3. The maximum Gasteiger partial charge on any atom is 0.115 e. The Hall–Kier alpha value is -1.68. The Morgan fingerprint density at radius 2 is 1.90 bits per heavy atom. The van der Waals surface area contributed by atoms with Gasteiger partial charge in [0.15, 0.2) is 0 Å². The van der Waals surface area contributed by atoms with Gasteiger partial charge < -0.3 is 4.57 Å². The number of halogens is 1. The van der Waals surface area contributed by atoms with E-state index in [1.54, 1.807) is 0 Å². The Morgan fingerprint density at radius 3 is 2.70 bits per heavy atom. The van der Waals surface area contributed by atoms with Crippen molar-refractivity contribution in [1.82, 2.24) is 14.5 Å². The number of aryl methyl sites for hydroxylation is 1. The summed E-state index contributed by atoms with van der Waals surface area (Å²) in [5.74, 6) is 1.08. The molecule has 0 aliphatic carbocycles. The van der Waals surface area contributed by atoms with E-state index in [0.29, 0.717) is 0 Å². The molecule has 2 aromatic heterocycles. The van der Waals surface area contributed by atoms with Crippen molar-refractivity contribution in [2.75, 3.05) is 0 Å². The number of benzene rings is 1. The predicted molar refractivity (Wildman–Crippen MR) is 84.8 cm³/mol. The maximum absolute atomic E-state index is 4.76. The number of imidazole rings is 1. The van der Waals surface area contributed by atoms with Gasteiger partial charge in [0.1, 0.15) is 10.4 Å². The number of nitrogens with zero attached hydrogens (tertiary/aromatic N) is 3. The van der Waals surface area contributed by atoms with Crippen molar-refractivity contribution >= 4 is 27.0 Å². The first-order valence-electron chi connectivity index (χ1n) is 6.83. The minimum atomic E-state index is 0.758. The van der Waals surface area contributed by atoms with Gasteiger partial charge in [0, 0.05) is 18.7 Å². The van der Waals surface area contributed by atoms with Crippen molar-refractivity contribution in [3.8, 4) is 0 Å². The molecule has 2 heterocycles. The van der Waals surface area contributed by atoms with Crippen LogP contribution in [0.3, 0.4) is 0 Å². The highest BCUT2D eigenvalue weighted by Gasteiger charge is 2.10. The quantitative estimate of drug-likeness (QED) is 0.672. The molecule has 0 amide bonds. The van der Waals surface area contributed by atoms with Crippen LogP contribution in [0.1, 0.15) is 24.9 Å². The summed E-state index contributed by atoms with van der Waals surface area (Å²) >= 11 is 3.42. The van der Waals surface area contributed by atoms with Gasteiger partial charge in [-0.3, -0.25) is 0 Å². The number of fused-ring (bicyclic) bond motifs is 1. The number of hydrogen-bond acceptors (Lipinski definition) is 2. The zero-order valence-electron chi connectivity index (χ0n) is 11.4. The molecule has 0 saturated carbocycles. The molecule has 0 saturated heterocycles. The van der Waals surface area contributed by atoms with E-state index < -0.39 is 0 Å². The maximum atomic E-state index is 4.76. The molecule has 4 heteroatoms. The number of para-hydroxylation sites is 2. The van der Waals surface area contributed by atoms with Crippen molar-refractivity contribution < 1.29 is 0 Å². The molecule has 102 valence electrons. The van der Waals surface area contributed by atoms with Crippen LogP contribution in [-0.4, -0.2) is 14.5 Å². The van der Waals surface area contributed by atoms with E-state index in [1.165, 1.54) is 5.52 Å². The number of pyridine rings is 1. The van der Waals surface area contributed by atoms with E-state index >= 15 is 0 Å². The standard InChI is InChI=1S/C16H16BrN3/c1-2-10-20-14-8-4-3-7-13(14)19-16(20)11-12-6-5-9-15(17)18-12/h3-9H,2,10-11H2,1H3. The molecule has 0 spiro atoms. The second kappa shape index (κ2) is 5.75. The number of aromatic nitrogens is 3. The van der Waals surface area contributed by atoms with Crippen molar-refractivity contribution in [3.05, 3.63) is 58.6 Å². The molecule has 0 aliphatic heterocycles. The van der Waals surface area contributed by atoms with Crippen LogP contribution in [0.5, 0.6) is 0 Å². The third-order valence-corrected chi connectivity index (χ3v) is 3.73. The van der Waals surface area contributed by atoms with Crippen molar-refractivity contribution in [2.45, 2.75) is 26.3 Å². The third-order valence-electron chi connectivity index (χ3n) is 3.29. The van der Waals surface area contributed by atoms with E-state index in [9.17, 15) is 0 Å². The SMILES string of the molecule is CCCn1c(Cc2cccc(Br)n2)nc2ccccc21. The fraction of sp³-hybridized carbons (Fsp3) is 0.250. The molecule has 1 aromatic carbocycles. The highest BCUT2D eigenvalue weighted by Crippen LogP contribution is 2.19. The first-order valence-corrected chi connectivity index (χ1v) is 7.63. The Balaban J connectivity index is 2.04. The zero-order chi connectivity index (χ0) is 13.9. The van der Waals surface area contributed by atoms with Crippen LogP contribution in [0.25, 0.3) is 11.0 Å². The van der Waals surface area contributed by atoms with Crippen LogP contribution in [0, 0.1) is 0 Å².